The molecule has 2 aromatic carbocycles. The van der Waals surface area contributed by atoms with Gasteiger partial charge in [0.2, 0.25) is 0 Å². The largest absolute Gasteiger partial charge is 0.280 e. The van der Waals surface area contributed by atoms with Crippen LogP contribution in [0, 0.1) is 23.3 Å². The van der Waals surface area contributed by atoms with Crippen molar-refractivity contribution >= 4 is 53.3 Å². The van der Waals surface area contributed by atoms with Gasteiger partial charge in [-0.2, -0.15) is 20.5 Å². The van der Waals surface area contributed by atoms with E-state index in [1.54, 1.807) is 0 Å². The lowest BCUT2D eigenvalue weighted by Crippen LogP contribution is -2.38. The highest BCUT2D eigenvalue weighted by atomic mass is 79.9. The predicted octanol–water partition coefficient (Wildman–Crippen LogP) is 4.64. The summed E-state index contributed by atoms with van der Waals surface area (Å²) in [4.78, 5) is 1.15. The Morgan fingerprint density at radius 1 is 0.806 bits per heavy atom. The van der Waals surface area contributed by atoms with Crippen molar-refractivity contribution in [3.05, 3.63) is 81.6 Å². The molecule has 164 valence electrons. The molecule has 0 saturated carbocycles. The molecule has 0 bridgehead atoms. The molecule has 0 radical (unpaired) electrons. The fraction of sp³-hybridized carbons (Fsp3) is 0. The minimum absolute atomic E-state index is 0.0708. The second kappa shape index (κ2) is 8.37. The summed E-state index contributed by atoms with van der Waals surface area (Å²) in [6.07, 6.45) is 1.11. The molecule has 14 heteroatoms. The number of hydrogen-bond acceptors (Lipinski definition) is 5. The van der Waals surface area contributed by atoms with Crippen LogP contribution in [0.2, 0.25) is 5.15 Å². The molecule has 1 heterocycles. The molecule has 0 atom stereocenters. The summed E-state index contributed by atoms with van der Waals surface area (Å²) >= 11 is 8.87. The molecule has 0 aliphatic rings. The van der Waals surface area contributed by atoms with E-state index in [9.17, 15) is 34.4 Å². The zero-order valence-corrected chi connectivity index (χ0v) is 18.7. The molecule has 3 aromatic rings. The van der Waals surface area contributed by atoms with E-state index < -0.39 is 63.9 Å². The number of pyridine rings is 1. The zero-order valence-electron chi connectivity index (χ0n) is 14.7. The maximum absolute atomic E-state index is 14.3. The Bertz CT molecular complexity index is 1320. The van der Waals surface area contributed by atoms with E-state index in [-0.39, 0.29) is 20.3 Å². The molecule has 0 unspecified atom stereocenters. The van der Waals surface area contributed by atoms with Crippen LogP contribution in [0.1, 0.15) is 0 Å². The van der Waals surface area contributed by atoms with Gasteiger partial charge in [-0.25, -0.2) is 22.5 Å². The van der Waals surface area contributed by atoms with Gasteiger partial charge in [0, 0.05) is 22.8 Å². The fourth-order valence-corrected chi connectivity index (χ4v) is 6.84. The van der Waals surface area contributed by atoms with E-state index in [1.807, 2.05) is 0 Å². The molecule has 6 nitrogen and oxygen atoms in total. The third kappa shape index (κ3) is 4.40. The number of nitrogens with zero attached hydrogens (tertiary/aromatic N) is 2. The van der Waals surface area contributed by atoms with Gasteiger partial charge in [-0.3, -0.25) is 0 Å². The smallest absolute Gasteiger partial charge is 0.241 e. The van der Waals surface area contributed by atoms with Crippen molar-refractivity contribution in [2.75, 3.05) is 3.71 Å². The first-order valence-corrected chi connectivity index (χ1v) is 11.9. The van der Waals surface area contributed by atoms with Crippen LogP contribution >= 0.6 is 27.5 Å². The maximum Gasteiger partial charge on any atom is 0.280 e. The fourth-order valence-electron chi connectivity index (χ4n) is 2.48. The summed E-state index contributed by atoms with van der Waals surface area (Å²) in [6, 6.07) is 3.51. The van der Waals surface area contributed by atoms with Crippen LogP contribution in [0.15, 0.2) is 62.9 Å². The van der Waals surface area contributed by atoms with Gasteiger partial charge in [0.25, 0.3) is 20.0 Å². The molecule has 0 N–H and O–H groups in total. The van der Waals surface area contributed by atoms with Crippen LogP contribution in [-0.2, 0) is 20.0 Å². The van der Waals surface area contributed by atoms with Crippen LogP contribution < -0.4 is 3.71 Å². The molecule has 0 spiro atoms. The Morgan fingerprint density at radius 3 is 1.68 bits per heavy atom. The highest BCUT2D eigenvalue weighted by Gasteiger charge is 2.41. The van der Waals surface area contributed by atoms with Gasteiger partial charge in [0.15, 0.2) is 5.15 Å². The average Bonchev–Trinajstić information content (AvgIpc) is 2.63. The summed E-state index contributed by atoms with van der Waals surface area (Å²) in [5.41, 5.74) is -0.788. The minimum atomic E-state index is -5.38. The number of rotatable bonds is 5. The normalized spacial score (nSPS) is 12.1. The molecule has 0 saturated heterocycles. The summed E-state index contributed by atoms with van der Waals surface area (Å²) in [7, 11) is -10.8. The van der Waals surface area contributed by atoms with E-state index in [0.717, 1.165) is 12.3 Å². The van der Waals surface area contributed by atoms with Gasteiger partial charge < -0.3 is 0 Å². The van der Waals surface area contributed by atoms with Gasteiger partial charge in [0.05, 0.1) is 0 Å². The van der Waals surface area contributed by atoms with Crippen LogP contribution in [0.5, 0.6) is 0 Å². The van der Waals surface area contributed by atoms with Crippen LogP contribution in [0.25, 0.3) is 0 Å². The third-order valence-electron chi connectivity index (χ3n) is 3.76. The molecular formula is C17H8BrClF4N2O4S2. The standard InChI is InChI=1S/C17H8BrClF4N2O4S2/c18-9-5-14(17(19)24-8-9)25(30(26,27)15-3-1-10(20)6-12(15)22)31(28,29)16-4-2-11(21)7-13(16)23/h1-8H. The number of aromatic nitrogens is 1. The molecule has 0 fully saturated rings. The summed E-state index contributed by atoms with van der Waals surface area (Å²) in [6.45, 7) is 0. The second-order valence-electron chi connectivity index (χ2n) is 5.82. The highest BCUT2D eigenvalue weighted by Crippen LogP contribution is 2.37. The molecule has 3 rings (SSSR count). The van der Waals surface area contributed by atoms with Crippen molar-refractivity contribution in [2.24, 2.45) is 0 Å². The third-order valence-corrected chi connectivity index (χ3v) is 8.71. The molecular weight excluding hydrogens is 552 g/mol. The first-order valence-electron chi connectivity index (χ1n) is 7.87. The van der Waals surface area contributed by atoms with Gasteiger partial charge in [-0.15, -0.1) is 0 Å². The van der Waals surface area contributed by atoms with Crippen molar-refractivity contribution in [2.45, 2.75) is 9.79 Å². The van der Waals surface area contributed by atoms with Gasteiger partial charge in [-0.05, 0) is 46.3 Å². The van der Waals surface area contributed by atoms with E-state index in [1.165, 1.54) is 0 Å². The van der Waals surface area contributed by atoms with Gasteiger partial charge >= 0.3 is 0 Å². The zero-order chi connectivity index (χ0) is 23.1. The Hall–Kier alpha value is -2.22. The van der Waals surface area contributed by atoms with Crippen molar-refractivity contribution in [3.63, 3.8) is 0 Å². The Kier molecular flexibility index (Phi) is 6.33. The molecule has 1 aromatic heterocycles. The van der Waals surface area contributed by atoms with E-state index in [2.05, 4.69) is 20.9 Å². The SMILES string of the molecule is O=S(=O)(c1ccc(F)cc1F)N(c1cc(Br)cnc1Cl)S(=O)(=O)c1ccc(F)cc1F. The molecule has 0 amide bonds. The topological polar surface area (TPSA) is 84.4 Å². The number of sulfonamides is 2. The lowest BCUT2D eigenvalue weighted by atomic mass is 10.3. The monoisotopic (exact) mass is 558 g/mol. The molecule has 31 heavy (non-hydrogen) atoms. The number of hydrogen-bond donors (Lipinski definition) is 0. The quantitative estimate of drug-likeness (QED) is 0.336. The first-order chi connectivity index (χ1) is 14.4. The number of benzene rings is 2. The minimum Gasteiger partial charge on any atom is -0.241 e. The van der Waals surface area contributed by atoms with Crippen LogP contribution in [0.4, 0.5) is 23.2 Å². The van der Waals surface area contributed by atoms with Crippen molar-refractivity contribution in [3.8, 4) is 0 Å². The van der Waals surface area contributed by atoms with Gasteiger partial charge in [-0.1, -0.05) is 11.6 Å². The second-order valence-corrected chi connectivity index (χ2v) is 10.8. The number of anilines is 1. The van der Waals surface area contributed by atoms with Crippen LogP contribution in [0.3, 0.4) is 0 Å². The van der Waals surface area contributed by atoms with E-state index >= 15 is 0 Å². The van der Waals surface area contributed by atoms with Crippen molar-refractivity contribution in [1.29, 1.82) is 0 Å². The summed E-state index contributed by atoms with van der Waals surface area (Å²) in [5.74, 6) is -5.48. The Labute approximate surface area is 187 Å². The summed E-state index contributed by atoms with van der Waals surface area (Å²) in [5, 5.41) is -0.652. The predicted molar refractivity (Wildman–Crippen MR) is 107 cm³/mol. The van der Waals surface area contributed by atoms with Gasteiger partial charge in [0.1, 0.15) is 38.7 Å². The molecule has 0 aliphatic carbocycles. The average molecular weight is 560 g/mol. The van der Waals surface area contributed by atoms with Crippen molar-refractivity contribution < 1.29 is 34.4 Å². The van der Waals surface area contributed by atoms with E-state index in [0.29, 0.717) is 24.3 Å². The Morgan fingerprint density at radius 2 is 1.26 bits per heavy atom. The van der Waals surface area contributed by atoms with E-state index in [4.69, 9.17) is 11.6 Å². The number of halogens is 6. The maximum atomic E-state index is 14.3. The highest BCUT2D eigenvalue weighted by molar-refractivity contribution is 9.10. The van der Waals surface area contributed by atoms with Crippen LogP contribution in [-0.4, -0.2) is 21.8 Å². The first kappa shape index (κ1) is 23.4. The van der Waals surface area contributed by atoms with Crippen molar-refractivity contribution in [1.82, 2.24) is 4.98 Å². The lowest BCUT2D eigenvalue weighted by molar-refractivity contribution is 0.545. The molecule has 0 aliphatic heterocycles. The summed E-state index contributed by atoms with van der Waals surface area (Å²) < 4.78 is 108. The Balaban J connectivity index is 2.39. The lowest BCUT2D eigenvalue weighted by Gasteiger charge is -2.25.